The second kappa shape index (κ2) is 45.4. The molecule has 376 valence electrons. The average molecular weight is 914 g/mol. The van der Waals surface area contributed by atoms with Crippen molar-refractivity contribution in [1.29, 1.82) is 0 Å². The first-order valence-electron chi connectivity index (χ1n) is 26.6. The predicted octanol–water partition coefficient (Wildman–Crippen LogP) is 12.5. The van der Waals surface area contributed by atoms with Gasteiger partial charge in [-0.25, -0.2) is 0 Å². The number of ether oxygens (including phenoxy) is 2. The molecule has 9 heteroatoms. The van der Waals surface area contributed by atoms with E-state index in [9.17, 15) is 30.3 Å². The number of aliphatic hydroxyl groups excluding tert-OH is 5. The van der Waals surface area contributed by atoms with Gasteiger partial charge in [0.15, 0.2) is 6.29 Å². The number of allylic oxidation sites excluding steroid dienone is 12. The van der Waals surface area contributed by atoms with E-state index in [1.165, 1.54) is 103 Å². The molecule has 1 aliphatic heterocycles. The van der Waals surface area contributed by atoms with E-state index in [2.05, 4.69) is 92.1 Å². The fourth-order valence-electron chi connectivity index (χ4n) is 8.11. The highest BCUT2D eigenvalue weighted by molar-refractivity contribution is 5.76. The molecular formula is C56H99NO8. The third-order valence-corrected chi connectivity index (χ3v) is 12.3. The quantitative estimate of drug-likeness (QED) is 0.0261. The van der Waals surface area contributed by atoms with Crippen LogP contribution in [0.4, 0.5) is 0 Å². The molecule has 9 nitrogen and oxygen atoms in total. The van der Waals surface area contributed by atoms with Gasteiger partial charge in [-0.3, -0.25) is 4.79 Å². The van der Waals surface area contributed by atoms with Gasteiger partial charge in [-0.15, -0.1) is 0 Å². The van der Waals surface area contributed by atoms with Crippen molar-refractivity contribution in [3.63, 3.8) is 0 Å². The minimum Gasteiger partial charge on any atom is -0.394 e. The zero-order valence-electron chi connectivity index (χ0n) is 41.5. The summed E-state index contributed by atoms with van der Waals surface area (Å²) in [6, 6.07) is -0.716. The SMILES string of the molecule is CC/C=C\C/C=C\C/C=C\C/C=C\C/C=C\C/C=C\CCCCCCCCCCCCCCCCCCCCC(=O)NC(COC1OC(CO)C(O)C(O)C1O)C(O)CCCCCCC. The van der Waals surface area contributed by atoms with E-state index in [4.69, 9.17) is 9.47 Å². The average Bonchev–Trinajstić information content (AvgIpc) is 3.31. The molecule has 1 fully saturated rings. The molecule has 0 radical (unpaired) electrons. The summed E-state index contributed by atoms with van der Waals surface area (Å²) in [7, 11) is 0. The summed E-state index contributed by atoms with van der Waals surface area (Å²) in [5.74, 6) is -0.152. The second-order valence-electron chi connectivity index (χ2n) is 18.3. The summed E-state index contributed by atoms with van der Waals surface area (Å²) < 4.78 is 11.2. The number of unbranched alkanes of at least 4 members (excludes halogenated alkanes) is 22. The number of hydrogen-bond donors (Lipinski definition) is 6. The minimum atomic E-state index is -1.55. The summed E-state index contributed by atoms with van der Waals surface area (Å²) >= 11 is 0. The van der Waals surface area contributed by atoms with Crippen LogP contribution in [0.3, 0.4) is 0 Å². The maximum absolute atomic E-state index is 12.9. The second-order valence-corrected chi connectivity index (χ2v) is 18.3. The van der Waals surface area contributed by atoms with Crippen molar-refractivity contribution in [2.24, 2.45) is 0 Å². The van der Waals surface area contributed by atoms with E-state index in [1.807, 2.05) is 0 Å². The standard InChI is InChI=1S/C56H99NO8/c1-3-5-7-9-10-11-12-13-14-15-16-17-18-19-20-21-22-23-24-25-26-27-28-29-30-31-32-33-34-35-36-37-38-39-40-42-44-46-52(60)57-49(50(59)45-43-41-8-6-4-2)48-64-56-55(63)54(62)53(61)51(47-58)65-56/h5,7,10-11,13-14,16-17,19-20,22-23,49-51,53-56,58-59,61-63H,3-4,6,8-9,12,15,18,21,24-48H2,1-2H3,(H,57,60)/b7-5-,11-10-,14-13-,17-16-,20-19-,23-22-. The molecule has 1 rings (SSSR count). The molecule has 1 aliphatic rings. The fraction of sp³-hybridized carbons (Fsp3) is 0.768. The van der Waals surface area contributed by atoms with Crippen LogP contribution in [0.25, 0.3) is 0 Å². The van der Waals surface area contributed by atoms with E-state index in [1.54, 1.807) is 0 Å². The van der Waals surface area contributed by atoms with Crippen LogP contribution in [-0.2, 0) is 14.3 Å². The van der Waals surface area contributed by atoms with Gasteiger partial charge in [-0.2, -0.15) is 0 Å². The third kappa shape index (κ3) is 35.4. The Hall–Kier alpha value is -2.37. The summed E-state index contributed by atoms with van der Waals surface area (Å²) in [6.45, 7) is 3.62. The number of rotatable bonds is 44. The van der Waals surface area contributed by atoms with Gasteiger partial charge in [-0.05, 0) is 64.2 Å². The van der Waals surface area contributed by atoms with Crippen LogP contribution in [0, 0.1) is 0 Å². The van der Waals surface area contributed by atoms with Crippen molar-refractivity contribution in [2.45, 2.75) is 262 Å². The van der Waals surface area contributed by atoms with Crippen LogP contribution in [-0.4, -0.2) is 87.5 Å². The van der Waals surface area contributed by atoms with Gasteiger partial charge >= 0.3 is 0 Å². The lowest BCUT2D eigenvalue weighted by Crippen LogP contribution is -2.60. The van der Waals surface area contributed by atoms with Gasteiger partial charge in [0.25, 0.3) is 0 Å². The molecule has 0 spiro atoms. The van der Waals surface area contributed by atoms with E-state index in [0.717, 1.165) is 89.9 Å². The van der Waals surface area contributed by atoms with Gasteiger partial charge in [0.1, 0.15) is 24.4 Å². The van der Waals surface area contributed by atoms with Gasteiger partial charge in [0, 0.05) is 6.42 Å². The Labute approximate surface area is 398 Å². The van der Waals surface area contributed by atoms with Crippen molar-refractivity contribution in [2.75, 3.05) is 13.2 Å². The lowest BCUT2D eigenvalue weighted by Gasteiger charge is -2.40. The Kier molecular flexibility index (Phi) is 42.4. The Balaban J connectivity index is 1.99. The summed E-state index contributed by atoms with van der Waals surface area (Å²) in [5.41, 5.74) is 0. The van der Waals surface area contributed by atoms with E-state index in [0.29, 0.717) is 12.8 Å². The molecule has 0 aliphatic carbocycles. The number of hydrogen-bond acceptors (Lipinski definition) is 8. The monoisotopic (exact) mass is 914 g/mol. The molecule has 0 aromatic rings. The predicted molar refractivity (Wildman–Crippen MR) is 272 cm³/mol. The van der Waals surface area contributed by atoms with E-state index < -0.39 is 49.5 Å². The summed E-state index contributed by atoms with van der Waals surface area (Å²) in [4.78, 5) is 12.9. The summed E-state index contributed by atoms with van der Waals surface area (Å²) in [5, 5.41) is 54.0. The molecule has 65 heavy (non-hydrogen) atoms. The molecule has 7 atom stereocenters. The molecule has 6 N–H and O–H groups in total. The highest BCUT2D eigenvalue weighted by Crippen LogP contribution is 2.23. The molecule has 0 bridgehead atoms. The maximum Gasteiger partial charge on any atom is 0.220 e. The zero-order chi connectivity index (χ0) is 47.3. The highest BCUT2D eigenvalue weighted by Gasteiger charge is 2.44. The number of nitrogens with one attached hydrogen (secondary N) is 1. The Morgan fingerprint density at radius 3 is 1.42 bits per heavy atom. The van der Waals surface area contributed by atoms with Crippen molar-refractivity contribution < 1.29 is 39.8 Å². The topological polar surface area (TPSA) is 149 Å². The molecule has 7 unspecified atom stereocenters. The lowest BCUT2D eigenvalue weighted by atomic mass is 9.99. The molecule has 0 aromatic carbocycles. The van der Waals surface area contributed by atoms with Crippen molar-refractivity contribution in [3.05, 3.63) is 72.9 Å². The van der Waals surface area contributed by atoms with Crippen LogP contribution >= 0.6 is 0 Å². The Bertz CT molecular complexity index is 1240. The largest absolute Gasteiger partial charge is 0.394 e. The fourth-order valence-corrected chi connectivity index (χ4v) is 8.11. The zero-order valence-corrected chi connectivity index (χ0v) is 41.5. The van der Waals surface area contributed by atoms with Crippen LogP contribution in [0.1, 0.15) is 219 Å². The molecule has 0 saturated carbocycles. The third-order valence-electron chi connectivity index (χ3n) is 12.3. The summed E-state index contributed by atoms with van der Waals surface area (Å²) in [6.07, 6.45) is 55.7. The Morgan fingerprint density at radius 2 is 0.954 bits per heavy atom. The first kappa shape index (κ1) is 60.6. The van der Waals surface area contributed by atoms with Gasteiger partial charge in [-0.1, -0.05) is 222 Å². The number of aliphatic hydroxyl groups is 5. The van der Waals surface area contributed by atoms with Crippen molar-refractivity contribution in [3.8, 4) is 0 Å². The van der Waals surface area contributed by atoms with Crippen LogP contribution in [0.5, 0.6) is 0 Å². The minimum absolute atomic E-state index is 0.141. The molecule has 1 heterocycles. The molecule has 1 saturated heterocycles. The number of carbonyl (C=O) groups excluding carboxylic acids is 1. The smallest absolute Gasteiger partial charge is 0.220 e. The Morgan fingerprint density at radius 1 is 0.538 bits per heavy atom. The molecular weight excluding hydrogens is 815 g/mol. The van der Waals surface area contributed by atoms with E-state index in [-0.39, 0.29) is 12.5 Å². The van der Waals surface area contributed by atoms with Crippen molar-refractivity contribution >= 4 is 5.91 Å². The molecule has 0 aromatic heterocycles. The van der Waals surface area contributed by atoms with E-state index >= 15 is 0 Å². The van der Waals surface area contributed by atoms with Gasteiger partial charge in [0.2, 0.25) is 5.91 Å². The first-order valence-corrected chi connectivity index (χ1v) is 26.6. The van der Waals surface area contributed by atoms with Gasteiger partial charge in [0.05, 0.1) is 25.4 Å². The van der Waals surface area contributed by atoms with Crippen molar-refractivity contribution in [1.82, 2.24) is 5.32 Å². The van der Waals surface area contributed by atoms with Crippen LogP contribution in [0.15, 0.2) is 72.9 Å². The molecule has 1 amide bonds. The normalized spacial score (nSPS) is 20.5. The van der Waals surface area contributed by atoms with Crippen LogP contribution < -0.4 is 5.32 Å². The number of carbonyl (C=O) groups is 1. The van der Waals surface area contributed by atoms with Gasteiger partial charge < -0.3 is 40.3 Å². The van der Waals surface area contributed by atoms with Crippen LogP contribution in [0.2, 0.25) is 0 Å². The lowest BCUT2D eigenvalue weighted by molar-refractivity contribution is -0.302. The number of amides is 1. The maximum atomic E-state index is 12.9. The first-order chi connectivity index (χ1) is 31.8. The highest BCUT2D eigenvalue weighted by atomic mass is 16.7.